The van der Waals surface area contributed by atoms with Gasteiger partial charge in [-0.1, -0.05) is 56.2 Å². The van der Waals surface area contributed by atoms with E-state index in [1.807, 2.05) is 0 Å². The van der Waals surface area contributed by atoms with Gasteiger partial charge in [-0.3, -0.25) is 0 Å². The first-order chi connectivity index (χ1) is 11.4. The van der Waals surface area contributed by atoms with Gasteiger partial charge in [0.2, 0.25) is 0 Å². The number of para-hydroxylation sites is 1. The summed E-state index contributed by atoms with van der Waals surface area (Å²) in [7, 11) is 0. The second-order valence-corrected chi connectivity index (χ2v) is 5.95. The molecule has 0 radical (unpaired) electrons. The molecule has 1 heterocycles. The van der Waals surface area contributed by atoms with Crippen LogP contribution in [-0.4, -0.2) is 4.57 Å². The Balaban J connectivity index is 1.96. The van der Waals surface area contributed by atoms with E-state index >= 15 is 0 Å². The molecule has 23 heavy (non-hydrogen) atoms. The lowest BCUT2D eigenvalue weighted by atomic mass is 10.2. The molecule has 0 saturated carbocycles. The lowest BCUT2D eigenvalue weighted by Gasteiger charge is -2.05. The maximum absolute atomic E-state index is 2.39. The molecule has 0 bridgehead atoms. The fourth-order valence-corrected chi connectivity index (χ4v) is 3.01. The van der Waals surface area contributed by atoms with Crippen LogP contribution in [0.4, 0.5) is 0 Å². The zero-order valence-corrected chi connectivity index (χ0v) is 13.9. The van der Waals surface area contributed by atoms with Crippen molar-refractivity contribution in [2.75, 3.05) is 0 Å². The summed E-state index contributed by atoms with van der Waals surface area (Å²) in [5.74, 6) is 1.26. The largest absolute Gasteiger partial charge is 0.294 e. The van der Waals surface area contributed by atoms with Gasteiger partial charge >= 0.3 is 0 Å². The summed E-state index contributed by atoms with van der Waals surface area (Å²) in [5.41, 5.74) is 2.47. The summed E-state index contributed by atoms with van der Waals surface area (Å²) in [4.78, 5) is 0. The highest BCUT2D eigenvalue weighted by atomic mass is 15.2. The van der Waals surface area contributed by atoms with Gasteiger partial charge in [0.1, 0.15) is 18.1 Å². The van der Waals surface area contributed by atoms with Crippen molar-refractivity contribution in [3.63, 3.8) is 0 Å². The Morgan fingerprint density at radius 1 is 0.826 bits per heavy atom. The molecule has 3 aromatic rings. The number of hydrogen-bond donors (Lipinski definition) is 0. The summed E-state index contributed by atoms with van der Waals surface area (Å²) in [6, 6.07) is 21.2. The Kier molecular flexibility index (Phi) is 5.25. The fraction of sp³-hybridized carbons (Fsp3) is 0.286. The van der Waals surface area contributed by atoms with Gasteiger partial charge in [-0.25, -0.2) is 4.57 Å². The van der Waals surface area contributed by atoms with Crippen molar-refractivity contribution in [2.45, 2.75) is 39.2 Å². The van der Waals surface area contributed by atoms with Crippen molar-refractivity contribution < 1.29 is 4.57 Å². The van der Waals surface area contributed by atoms with Crippen LogP contribution in [0.5, 0.6) is 0 Å². The monoisotopic (exact) mass is 305 g/mol. The minimum absolute atomic E-state index is 1.07. The normalized spacial score (nSPS) is 10.8. The van der Waals surface area contributed by atoms with Crippen molar-refractivity contribution in [2.24, 2.45) is 0 Å². The SMILES string of the molecule is CCCCCC[n+]1ccn(-c2ccccc2)c1-c1ccccc1. The van der Waals surface area contributed by atoms with E-state index in [9.17, 15) is 0 Å². The van der Waals surface area contributed by atoms with Crippen LogP contribution >= 0.6 is 0 Å². The quantitative estimate of drug-likeness (QED) is 0.428. The van der Waals surface area contributed by atoms with Crippen molar-refractivity contribution in [3.8, 4) is 17.1 Å². The molecule has 0 N–H and O–H groups in total. The van der Waals surface area contributed by atoms with Crippen LogP contribution in [0.1, 0.15) is 32.6 Å². The lowest BCUT2D eigenvalue weighted by molar-refractivity contribution is -0.685. The standard InChI is InChI=1S/C21H25N2/c1-2-3-4-11-16-22-17-18-23(20-14-9-6-10-15-20)21(22)19-12-7-5-8-13-19/h5-10,12-15,17-18H,2-4,11,16H2,1H3/q+1. The summed E-state index contributed by atoms with van der Waals surface area (Å²) in [6.07, 6.45) is 9.52. The molecule has 118 valence electrons. The van der Waals surface area contributed by atoms with Crippen LogP contribution in [-0.2, 0) is 6.54 Å². The van der Waals surface area contributed by atoms with Gasteiger partial charge in [-0.2, -0.15) is 4.57 Å². The molecule has 0 atom stereocenters. The number of nitrogens with zero attached hydrogens (tertiary/aromatic N) is 2. The molecule has 0 aliphatic rings. The van der Waals surface area contributed by atoms with Crippen LogP contribution in [0.2, 0.25) is 0 Å². The maximum atomic E-state index is 2.39. The molecule has 3 rings (SSSR count). The Bertz CT molecular complexity index is 714. The Hall–Kier alpha value is -2.35. The topological polar surface area (TPSA) is 8.81 Å². The molecule has 0 amide bonds. The number of unbranched alkanes of at least 4 members (excludes halogenated alkanes) is 3. The van der Waals surface area contributed by atoms with E-state index in [1.165, 1.54) is 42.8 Å². The van der Waals surface area contributed by atoms with Gasteiger partial charge in [0.05, 0.1) is 12.1 Å². The van der Waals surface area contributed by atoms with Crippen LogP contribution in [0, 0.1) is 0 Å². The first-order valence-corrected chi connectivity index (χ1v) is 8.62. The second kappa shape index (κ2) is 7.77. The smallest absolute Gasteiger partial charge is 0.230 e. The first-order valence-electron chi connectivity index (χ1n) is 8.62. The minimum Gasteiger partial charge on any atom is -0.230 e. The third-order valence-electron chi connectivity index (χ3n) is 4.21. The molecule has 0 unspecified atom stereocenters. The van der Waals surface area contributed by atoms with Crippen molar-refractivity contribution in [1.82, 2.24) is 4.57 Å². The van der Waals surface area contributed by atoms with Crippen molar-refractivity contribution in [3.05, 3.63) is 73.1 Å². The van der Waals surface area contributed by atoms with E-state index in [-0.39, 0.29) is 0 Å². The van der Waals surface area contributed by atoms with E-state index in [1.54, 1.807) is 0 Å². The molecule has 0 aliphatic carbocycles. The fourth-order valence-electron chi connectivity index (χ4n) is 3.01. The van der Waals surface area contributed by atoms with Crippen molar-refractivity contribution >= 4 is 0 Å². The van der Waals surface area contributed by atoms with Gasteiger partial charge in [-0.15, -0.1) is 0 Å². The van der Waals surface area contributed by atoms with Gasteiger partial charge in [0.15, 0.2) is 0 Å². The van der Waals surface area contributed by atoms with E-state index in [0.717, 1.165) is 6.54 Å². The Labute approximate surface area is 139 Å². The van der Waals surface area contributed by atoms with E-state index in [2.05, 4.69) is 89.1 Å². The molecular formula is C21H25N2+. The molecule has 2 heteroatoms. The zero-order valence-electron chi connectivity index (χ0n) is 13.9. The van der Waals surface area contributed by atoms with Gasteiger partial charge in [-0.05, 0) is 37.1 Å². The third-order valence-corrected chi connectivity index (χ3v) is 4.21. The highest BCUT2D eigenvalue weighted by molar-refractivity contribution is 5.55. The Morgan fingerprint density at radius 2 is 1.52 bits per heavy atom. The second-order valence-electron chi connectivity index (χ2n) is 5.95. The maximum Gasteiger partial charge on any atom is 0.294 e. The number of aryl methyl sites for hydroxylation is 1. The molecular weight excluding hydrogens is 280 g/mol. The number of imidazole rings is 1. The zero-order chi connectivity index (χ0) is 15.9. The molecule has 2 nitrogen and oxygen atoms in total. The molecule has 0 aliphatic heterocycles. The summed E-state index contributed by atoms with van der Waals surface area (Å²) in [6.45, 7) is 3.33. The molecule has 0 saturated heterocycles. The van der Waals surface area contributed by atoms with Crippen LogP contribution in [0.3, 0.4) is 0 Å². The first kappa shape index (κ1) is 15.5. The predicted octanol–water partition coefficient (Wildman–Crippen LogP) is 5.01. The molecule has 0 spiro atoms. The molecule has 0 fully saturated rings. The van der Waals surface area contributed by atoms with Crippen molar-refractivity contribution in [1.29, 1.82) is 0 Å². The number of hydrogen-bond acceptors (Lipinski definition) is 0. The van der Waals surface area contributed by atoms with E-state index in [4.69, 9.17) is 0 Å². The summed E-state index contributed by atoms with van der Waals surface area (Å²) >= 11 is 0. The van der Waals surface area contributed by atoms with E-state index in [0.29, 0.717) is 0 Å². The van der Waals surface area contributed by atoms with Crippen LogP contribution < -0.4 is 4.57 Å². The number of aromatic nitrogens is 2. The average molecular weight is 305 g/mol. The average Bonchev–Trinajstić information content (AvgIpc) is 3.04. The van der Waals surface area contributed by atoms with Gasteiger partial charge in [0.25, 0.3) is 5.82 Å². The highest BCUT2D eigenvalue weighted by Crippen LogP contribution is 2.20. The van der Waals surface area contributed by atoms with Gasteiger partial charge in [0, 0.05) is 0 Å². The highest BCUT2D eigenvalue weighted by Gasteiger charge is 2.20. The summed E-state index contributed by atoms with van der Waals surface area (Å²) in [5, 5.41) is 0. The molecule has 1 aromatic heterocycles. The number of rotatable bonds is 7. The Morgan fingerprint density at radius 3 is 2.22 bits per heavy atom. The molecule has 2 aromatic carbocycles. The van der Waals surface area contributed by atoms with Crippen LogP contribution in [0.15, 0.2) is 73.1 Å². The van der Waals surface area contributed by atoms with Gasteiger partial charge < -0.3 is 0 Å². The van der Waals surface area contributed by atoms with Crippen LogP contribution in [0.25, 0.3) is 17.1 Å². The predicted molar refractivity (Wildman–Crippen MR) is 95.5 cm³/mol. The number of benzene rings is 2. The van der Waals surface area contributed by atoms with E-state index < -0.39 is 0 Å². The summed E-state index contributed by atoms with van der Waals surface area (Å²) < 4.78 is 4.67. The third kappa shape index (κ3) is 3.70. The lowest BCUT2D eigenvalue weighted by Crippen LogP contribution is -2.34. The minimum atomic E-state index is 1.07.